The van der Waals surface area contributed by atoms with Gasteiger partial charge in [-0.2, -0.15) is 0 Å². The van der Waals surface area contributed by atoms with Crippen molar-refractivity contribution in [3.05, 3.63) is 88.2 Å². The zero-order valence-electron chi connectivity index (χ0n) is 24.4. The Morgan fingerprint density at radius 3 is 2.51 bits per heavy atom. The van der Waals surface area contributed by atoms with E-state index >= 15 is 0 Å². The minimum atomic E-state index is -1.97. The van der Waals surface area contributed by atoms with E-state index in [2.05, 4.69) is 15.6 Å². The number of aromatic nitrogens is 3. The Morgan fingerprint density at radius 2 is 1.86 bits per heavy atom. The number of amides is 2. The Kier molecular flexibility index (Phi) is 8.41. The number of ether oxygens (including phenoxy) is 1. The number of benzene rings is 2. The third-order valence-electron chi connectivity index (χ3n) is 7.58. The first-order valence-corrected chi connectivity index (χ1v) is 14.3. The fourth-order valence-electron chi connectivity index (χ4n) is 4.87. The maximum atomic E-state index is 14.7. The zero-order chi connectivity index (χ0) is 30.9. The van der Waals surface area contributed by atoms with Gasteiger partial charge in [0.2, 0.25) is 5.91 Å². The van der Waals surface area contributed by atoms with Crippen molar-refractivity contribution in [2.45, 2.75) is 50.9 Å². The number of hydrogen-bond donors (Lipinski definition) is 2. The summed E-state index contributed by atoms with van der Waals surface area (Å²) >= 11 is 6.56. The molecule has 2 N–H and O–H groups in total. The third-order valence-corrected chi connectivity index (χ3v) is 7.95. The number of anilines is 1. The second-order valence-corrected chi connectivity index (χ2v) is 11.5. The molecule has 0 bridgehead atoms. The molecule has 1 fully saturated rings. The number of carbonyl (C=O) groups excluding carboxylic acids is 2. The molecule has 0 saturated heterocycles. The summed E-state index contributed by atoms with van der Waals surface area (Å²) in [6.07, 6.45) is 5.39. The summed E-state index contributed by atoms with van der Waals surface area (Å²) in [5.74, 6) is -0.850. The Labute approximate surface area is 253 Å². The van der Waals surface area contributed by atoms with Gasteiger partial charge in [0.05, 0.1) is 25.3 Å². The van der Waals surface area contributed by atoms with Gasteiger partial charge in [-0.15, -0.1) is 0 Å². The predicted octanol–water partition coefficient (Wildman–Crippen LogP) is 5.33. The van der Waals surface area contributed by atoms with Crippen LogP contribution in [0.5, 0.6) is 5.75 Å². The highest BCUT2D eigenvalue weighted by molar-refractivity contribution is 6.31. The minimum absolute atomic E-state index is 0.00832. The minimum Gasteiger partial charge on any atom is -0.496 e. The maximum Gasteiger partial charge on any atom is 0.258 e. The number of carbonyl (C=O) groups is 2. The van der Waals surface area contributed by atoms with E-state index in [0.717, 1.165) is 22.4 Å². The number of rotatable bonds is 10. The highest BCUT2D eigenvalue weighted by atomic mass is 35.5. The van der Waals surface area contributed by atoms with Gasteiger partial charge in [-0.3, -0.25) is 14.4 Å². The number of nitrogens with zero attached hydrogens (tertiary/aromatic N) is 3. The van der Waals surface area contributed by atoms with Crippen molar-refractivity contribution in [3.8, 4) is 28.1 Å². The molecule has 0 spiro atoms. The standard InChI is InChI=1S/C32H33ClFN5O4/c1-19(2)39-17-21(6-10-29(39)40)20-5-9-25(33)22(13-20)14-26(37-31(42)32(34)11-12-32)30(41)36-23-7-8-24(28(15-23)43-4)27-16-35-18-38(27)3/h5-10,13,15-19,26H,11-12,14H2,1-4H3,(H,36,41)(H,37,42)/t26-/m0/s1. The van der Waals surface area contributed by atoms with E-state index in [4.69, 9.17) is 16.3 Å². The normalized spacial score (nSPS) is 14.3. The van der Waals surface area contributed by atoms with Crippen LogP contribution in [0.4, 0.5) is 10.1 Å². The van der Waals surface area contributed by atoms with E-state index in [9.17, 15) is 18.8 Å². The zero-order valence-corrected chi connectivity index (χ0v) is 25.1. The summed E-state index contributed by atoms with van der Waals surface area (Å²) in [7, 11) is 3.39. The molecule has 43 heavy (non-hydrogen) atoms. The summed E-state index contributed by atoms with van der Waals surface area (Å²) in [5.41, 5.74) is 2.11. The molecule has 2 heterocycles. The fraction of sp³-hybridized carbons (Fsp3) is 0.312. The van der Waals surface area contributed by atoms with Crippen LogP contribution in [-0.2, 0) is 23.1 Å². The van der Waals surface area contributed by atoms with Gasteiger partial charge < -0.3 is 24.5 Å². The van der Waals surface area contributed by atoms with Gasteiger partial charge in [-0.25, -0.2) is 9.37 Å². The number of nitrogens with one attached hydrogen (secondary N) is 2. The summed E-state index contributed by atoms with van der Waals surface area (Å²) in [4.78, 5) is 42.8. The molecule has 1 aliphatic rings. The number of halogens is 2. The SMILES string of the molecule is COc1cc(NC(=O)[C@H](Cc2cc(-c3ccc(=O)n(C(C)C)c3)ccc2Cl)NC(=O)C2(F)CC2)ccc1-c1cncn1C. The van der Waals surface area contributed by atoms with E-state index in [1.165, 1.54) is 13.2 Å². The quantitative estimate of drug-likeness (QED) is 0.254. The van der Waals surface area contributed by atoms with Crippen LogP contribution in [0.2, 0.25) is 5.02 Å². The molecule has 9 nitrogen and oxygen atoms in total. The van der Waals surface area contributed by atoms with Crippen LogP contribution in [0, 0.1) is 0 Å². The van der Waals surface area contributed by atoms with Crippen molar-refractivity contribution in [1.29, 1.82) is 0 Å². The average molecular weight is 606 g/mol. The molecule has 0 unspecified atom stereocenters. The Hall–Kier alpha value is -4.44. The van der Waals surface area contributed by atoms with Gasteiger partial charge in [-0.05, 0) is 73.7 Å². The molecule has 224 valence electrons. The summed E-state index contributed by atoms with van der Waals surface area (Å²) in [6.45, 7) is 3.84. The lowest BCUT2D eigenvalue weighted by molar-refractivity contribution is -0.131. The molecule has 1 atom stereocenters. The Balaban J connectivity index is 1.43. The van der Waals surface area contributed by atoms with Gasteiger partial charge in [0.15, 0.2) is 5.67 Å². The summed E-state index contributed by atoms with van der Waals surface area (Å²) in [6, 6.07) is 12.6. The Bertz CT molecular complexity index is 1740. The van der Waals surface area contributed by atoms with E-state index in [0.29, 0.717) is 22.0 Å². The van der Waals surface area contributed by atoms with Crippen molar-refractivity contribution in [1.82, 2.24) is 19.4 Å². The highest BCUT2D eigenvalue weighted by Crippen LogP contribution is 2.40. The second kappa shape index (κ2) is 12.0. The number of imidazole rings is 1. The number of methoxy groups -OCH3 is 1. The van der Waals surface area contributed by atoms with Gasteiger partial charge in [0, 0.05) is 54.1 Å². The smallest absolute Gasteiger partial charge is 0.258 e. The molecular formula is C32H33ClFN5O4. The van der Waals surface area contributed by atoms with E-state index in [1.807, 2.05) is 37.6 Å². The van der Waals surface area contributed by atoms with Crippen molar-refractivity contribution in [2.24, 2.45) is 7.05 Å². The van der Waals surface area contributed by atoms with Crippen molar-refractivity contribution >= 4 is 29.1 Å². The molecular weight excluding hydrogens is 573 g/mol. The molecule has 4 aromatic rings. The largest absolute Gasteiger partial charge is 0.496 e. The van der Waals surface area contributed by atoms with Gasteiger partial charge in [-0.1, -0.05) is 17.7 Å². The lowest BCUT2D eigenvalue weighted by Crippen LogP contribution is -2.48. The van der Waals surface area contributed by atoms with E-state index in [1.54, 1.807) is 53.6 Å². The predicted molar refractivity (Wildman–Crippen MR) is 164 cm³/mol. The lowest BCUT2D eigenvalue weighted by Gasteiger charge is -2.21. The number of alkyl halides is 1. The first kappa shape index (κ1) is 30.0. The van der Waals surface area contributed by atoms with Crippen LogP contribution in [0.1, 0.15) is 38.3 Å². The molecule has 0 radical (unpaired) electrons. The van der Waals surface area contributed by atoms with E-state index in [-0.39, 0.29) is 30.9 Å². The van der Waals surface area contributed by atoms with Gasteiger partial charge in [0.25, 0.3) is 11.5 Å². The van der Waals surface area contributed by atoms with Crippen LogP contribution in [0.25, 0.3) is 22.4 Å². The van der Waals surface area contributed by atoms with Crippen LogP contribution < -0.4 is 20.9 Å². The molecule has 0 aliphatic heterocycles. The van der Waals surface area contributed by atoms with Crippen molar-refractivity contribution < 1.29 is 18.7 Å². The third kappa shape index (κ3) is 6.49. The van der Waals surface area contributed by atoms with Crippen LogP contribution in [0.3, 0.4) is 0 Å². The maximum absolute atomic E-state index is 14.7. The molecule has 2 aromatic heterocycles. The van der Waals surface area contributed by atoms with Crippen LogP contribution in [-0.4, -0.2) is 44.8 Å². The summed E-state index contributed by atoms with van der Waals surface area (Å²) < 4.78 is 23.7. The van der Waals surface area contributed by atoms with Crippen LogP contribution in [0.15, 0.2) is 72.0 Å². The van der Waals surface area contributed by atoms with Gasteiger partial charge in [0.1, 0.15) is 11.8 Å². The first-order valence-electron chi connectivity index (χ1n) is 14.0. The average Bonchev–Trinajstić information content (AvgIpc) is 3.60. The van der Waals surface area contributed by atoms with Crippen molar-refractivity contribution in [2.75, 3.05) is 12.4 Å². The van der Waals surface area contributed by atoms with Gasteiger partial charge >= 0.3 is 0 Å². The van der Waals surface area contributed by atoms with E-state index < -0.39 is 23.5 Å². The lowest BCUT2D eigenvalue weighted by atomic mass is 9.99. The number of hydrogen-bond acceptors (Lipinski definition) is 5. The molecule has 5 rings (SSSR count). The Morgan fingerprint density at radius 1 is 1.12 bits per heavy atom. The molecule has 1 aliphatic carbocycles. The van der Waals surface area contributed by atoms with Crippen molar-refractivity contribution in [3.63, 3.8) is 0 Å². The highest BCUT2D eigenvalue weighted by Gasteiger charge is 2.51. The molecule has 11 heteroatoms. The second-order valence-electron chi connectivity index (χ2n) is 11.1. The fourth-order valence-corrected chi connectivity index (χ4v) is 5.06. The molecule has 2 amide bonds. The monoisotopic (exact) mass is 605 g/mol. The number of pyridine rings is 1. The number of aryl methyl sites for hydroxylation is 1. The molecule has 1 saturated carbocycles. The topological polar surface area (TPSA) is 107 Å². The molecule has 2 aromatic carbocycles. The van der Waals surface area contributed by atoms with Crippen LogP contribution >= 0.6 is 11.6 Å². The first-order chi connectivity index (χ1) is 20.5. The summed E-state index contributed by atoms with van der Waals surface area (Å²) in [5, 5.41) is 5.82.